The maximum Gasteiger partial charge on any atom is 0.255 e. The quantitative estimate of drug-likeness (QED) is 0.583. The van der Waals surface area contributed by atoms with Gasteiger partial charge in [0.15, 0.2) is 0 Å². The van der Waals surface area contributed by atoms with Gasteiger partial charge in [0.1, 0.15) is 5.82 Å². The molecule has 0 aliphatic carbocycles. The first-order valence-corrected chi connectivity index (χ1v) is 6.35. The van der Waals surface area contributed by atoms with E-state index < -0.39 is 0 Å². The number of methoxy groups -OCH3 is 1. The number of nitrogens with zero attached hydrogens (tertiary/aromatic N) is 1. The zero-order valence-electron chi connectivity index (χ0n) is 11.7. The van der Waals surface area contributed by atoms with Crippen molar-refractivity contribution in [1.82, 2.24) is 15.6 Å². The highest BCUT2D eigenvalue weighted by Crippen LogP contribution is 2.09. The zero-order chi connectivity index (χ0) is 14.8. The van der Waals surface area contributed by atoms with Crippen LogP contribution in [0.15, 0.2) is 18.3 Å². The molecule has 0 spiro atoms. The molecule has 0 radical (unpaired) electrons. The molecular weight excluding hydrogens is 260 g/mol. The number of nitrogens with one attached hydrogen (secondary N) is 3. The Morgan fingerprint density at radius 3 is 2.80 bits per heavy atom. The number of hydrogen-bond acceptors (Lipinski definition) is 5. The molecule has 1 rings (SSSR count). The van der Waals surface area contributed by atoms with Gasteiger partial charge >= 0.3 is 0 Å². The van der Waals surface area contributed by atoms with Crippen LogP contribution in [0.25, 0.3) is 0 Å². The van der Waals surface area contributed by atoms with E-state index >= 15 is 0 Å². The lowest BCUT2D eigenvalue weighted by atomic mass is 10.2. The number of amides is 2. The van der Waals surface area contributed by atoms with Gasteiger partial charge in [0, 0.05) is 39.9 Å². The van der Waals surface area contributed by atoms with Crippen LogP contribution >= 0.6 is 0 Å². The van der Waals surface area contributed by atoms with Crippen LogP contribution in [0.4, 0.5) is 5.82 Å². The lowest BCUT2D eigenvalue weighted by molar-refractivity contribution is -0.121. The molecule has 110 valence electrons. The Morgan fingerprint density at radius 2 is 2.10 bits per heavy atom. The second-order valence-electron chi connectivity index (χ2n) is 4.00. The molecule has 0 bridgehead atoms. The second-order valence-corrected chi connectivity index (χ2v) is 4.00. The van der Waals surface area contributed by atoms with Crippen molar-refractivity contribution in [2.75, 3.05) is 39.2 Å². The van der Waals surface area contributed by atoms with Crippen LogP contribution in [0.5, 0.6) is 0 Å². The third-order valence-electron chi connectivity index (χ3n) is 2.56. The van der Waals surface area contributed by atoms with E-state index in [1.54, 1.807) is 32.5 Å². The molecule has 0 aromatic carbocycles. The Labute approximate surface area is 118 Å². The molecule has 0 unspecified atom stereocenters. The van der Waals surface area contributed by atoms with Crippen LogP contribution in [-0.2, 0) is 9.53 Å². The van der Waals surface area contributed by atoms with Gasteiger partial charge in [-0.25, -0.2) is 4.98 Å². The highest BCUT2D eigenvalue weighted by Gasteiger charge is 2.11. The van der Waals surface area contributed by atoms with Gasteiger partial charge in [0.25, 0.3) is 5.91 Å². The van der Waals surface area contributed by atoms with Crippen LogP contribution in [0.3, 0.4) is 0 Å². The number of aromatic nitrogens is 1. The molecule has 0 aliphatic heterocycles. The number of ether oxygens (including phenoxy) is 1. The van der Waals surface area contributed by atoms with Crippen molar-refractivity contribution in [3.63, 3.8) is 0 Å². The second kappa shape index (κ2) is 8.87. The lowest BCUT2D eigenvalue weighted by Crippen LogP contribution is -2.32. The average Bonchev–Trinajstić information content (AvgIpc) is 2.47. The lowest BCUT2D eigenvalue weighted by Gasteiger charge is -2.09. The number of carbonyl (C=O) groups is 2. The van der Waals surface area contributed by atoms with Gasteiger partial charge in [-0.1, -0.05) is 0 Å². The van der Waals surface area contributed by atoms with Crippen LogP contribution < -0.4 is 16.0 Å². The van der Waals surface area contributed by atoms with Gasteiger partial charge in [-0.3, -0.25) is 9.59 Å². The molecule has 3 N–H and O–H groups in total. The molecule has 7 heteroatoms. The van der Waals surface area contributed by atoms with Crippen molar-refractivity contribution in [3.8, 4) is 0 Å². The smallest absolute Gasteiger partial charge is 0.255 e. The Hall–Kier alpha value is -2.15. The standard InChI is InChI=1S/C13H20N4O3/c1-14-12-10(4-3-6-16-12)13(19)17-7-5-11(18)15-8-9-20-2/h3-4,6H,5,7-9H2,1-2H3,(H,14,16)(H,15,18)(H,17,19). The Bertz CT molecular complexity index is 451. The zero-order valence-corrected chi connectivity index (χ0v) is 11.7. The van der Waals surface area contributed by atoms with Crippen molar-refractivity contribution in [1.29, 1.82) is 0 Å². The summed E-state index contributed by atoms with van der Waals surface area (Å²) in [6, 6.07) is 3.36. The van der Waals surface area contributed by atoms with Crippen molar-refractivity contribution in [2.24, 2.45) is 0 Å². The fraction of sp³-hybridized carbons (Fsp3) is 0.462. The largest absolute Gasteiger partial charge is 0.383 e. The Kier molecular flexibility index (Phi) is 7.05. The van der Waals surface area contributed by atoms with E-state index in [-0.39, 0.29) is 24.8 Å². The molecule has 0 fully saturated rings. The number of hydrogen-bond donors (Lipinski definition) is 3. The molecule has 0 saturated heterocycles. The highest BCUT2D eigenvalue weighted by atomic mass is 16.5. The molecule has 20 heavy (non-hydrogen) atoms. The first-order valence-electron chi connectivity index (χ1n) is 6.35. The molecule has 0 atom stereocenters. The summed E-state index contributed by atoms with van der Waals surface area (Å²) < 4.78 is 4.82. The highest BCUT2D eigenvalue weighted by molar-refractivity contribution is 5.98. The average molecular weight is 280 g/mol. The van der Waals surface area contributed by atoms with Crippen molar-refractivity contribution >= 4 is 17.6 Å². The normalized spacial score (nSPS) is 9.90. The van der Waals surface area contributed by atoms with Crippen molar-refractivity contribution in [2.45, 2.75) is 6.42 Å². The van der Waals surface area contributed by atoms with E-state index in [4.69, 9.17) is 4.74 Å². The summed E-state index contributed by atoms with van der Waals surface area (Å²) in [4.78, 5) is 27.4. The van der Waals surface area contributed by atoms with Crippen LogP contribution in [0.1, 0.15) is 16.8 Å². The van der Waals surface area contributed by atoms with Gasteiger partial charge in [0.05, 0.1) is 12.2 Å². The minimum Gasteiger partial charge on any atom is -0.383 e. The van der Waals surface area contributed by atoms with Crippen molar-refractivity contribution < 1.29 is 14.3 Å². The summed E-state index contributed by atoms with van der Waals surface area (Å²) >= 11 is 0. The molecule has 7 nitrogen and oxygen atoms in total. The minimum atomic E-state index is -0.257. The molecule has 1 aromatic heterocycles. The predicted molar refractivity (Wildman–Crippen MR) is 75.6 cm³/mol. The van der Waals surface area contributed by atoms with Crippen molar-refractivity contribution in [3.05, 3.63) is 23.9 Å². The maximum atomic E-state index is 11.9. The van der Waals surface area contributed by atoms with E-state index in [9.17, 15) is 9.59 Å². The monoisotopic (exact) mass is 280 g/mol. The summed E-state index contributed by atoms with van der Waals surface area (Å²) in [6.07, 6.45) is 1.83. The van der Waals surface area contributed by atoms with E-state index in [0.29, 0.717) is 24.5 Å². The molecule has 1 aromatic rings. The van der Waals surface area contributed by atoms with Gasteiger partial charge in [0.2, 0.25) is 5.91 Å². The minimum absolute atomic E-state index is 0.123. The first-order chi connectivity index (χ1) is 9.69. The van der Waals surface area contributed by atoms with E-state index in [1.165, 1.54) is 0 Å². The number of pyridine rings is 1. The summed E-state index contributed by atoms with van der Waals surface area (Å²) in [7, 11) is 3.27. The maximum absolute atomic E-state index is 11.9. The van der Waals surface area contributed by atoms with Gasteiger partial charge < -0.3 is 20.7 Å². The van der Waals surface area contributed by atoms with Gasteiger partial charge in [-0.15, -0.1) is 0 Å². The fourth-order valence-electron chi connectivity index (χ4n) is 1.55. The van der Waals surface area contributed by atoms with E-state index in [1.807, 2.05) is 0 Å². The van der Waals surface area contributed by atoms with Crippen LogP contribution in [-0.4, -0.2) is 50.7 Å². The van der Waals surface area contributed by atoms with Crippen LogP contribution in [0, 0.1) is 0 Å². The molecule has 2 amide bonds. The number of carbonyl (C=O) groups excluding carboxylic acids is 2. The number of anilines is 1. The Morgan fingerprint density at radius 1 is 1.30 bits per heavy atom. The summed E-state index contributed by atoms with van der Waals surface area (Å²) in [5.74, 6) is 0.129. The summed E-state index contributed by atoms with van der Waals surface area (Å²) in [6.45, 7) is 1.21. The molecular formula is C13H20N4O3. The summed E-state index contributed by atoms with van der Waals surface area (Å²) in [5, 5.41) is 8.21. The van der Waals surface area contributed by atoms with Crippen LogP contribution in [0.2, 0.25) is 0 Å². The Balaban J connectivity index is 2.34. The predicted octanol–water partition coefficient (Wildman–Crippen LogP) is 0.00580. The topological polar surface area (TPSA) is 92.4 Å². The van der Waals surface area contributed by atoms with E-state index in [2.05, 4.69) is 20.9 Å². The fourth-order valence-corrected chi connectivity index (χ4v) is 1.55. The van der Waals surface area contributed by atoms with Gasteiger partial charge in [-0.05, 0) is 12.1 Å². The van der Waals surface area contributed by atoms with Gasteiger partial charge in [-0.2, -0.15) is 0 Å². The molecule has 0 saturated carbocycles. The first kappa shape index (κ1) is 15.9. The SMILES string of the molecule is CNc1ncccc1C(=O)NCCC(=O)NCCOC. The third-order valence-corrected chi connectivity index (χ3v) is 2.56. The van der Waals surface area contributed by atoms with E-state index in [0.717, 1.165) is 0 Å². The molecule has 0 aliphatic rings. The third kappa shape index (κ3) is 5.23. The summed E-state index contributed by atoms with van der Waals surface area (Å²) in [5.41, 5.74) is 0.454. The number of rotatable bonds is 8. The molecule has 1 heterocycles.